The molecule has 0 amide bonds. The van der Waals surface area contributed by atoms with Gasteiger partial charge < -0.3 is 9.84 Å². The fourth-order valence-electron chi connectivity index (χ4n) is 1.39. The number of hydrogen-bond donors (Lipinski definition) is 1. The van der Waals surface area contributed by atoms with Gasteiger partial charge in [-0.2, -0.15) is 0 Å². The Morgan fingerprint density at radius 1 is 1.62 bits per heavy atom. The molecule has 2 aromatic rings. The summed E-state index contributed by atoms with van der Waals surface area (Å²) in [5.74, 6) is -0.393. The molecule has 0 radical (unpaired) electrons. The Bertz CT molecular complexity index is 521. The van der Waals surface area contributed by atoms with Gasteiger partial charge in [0, 0.05) is 6.20 Å². The van der Waals surface area contributed by atoms with Crippen molar-refractivity contribution in [1.29, 1.82) is 0 Å². The van der Waals surface area contributed by atoms with E-state index in [-0.39, 0.29) is 6.61 Å². The van der Waals surface area contributed by atoms with Crippen molar-refractivity contribution >= 4 is 11.5 Å². The Hall–Kier alpha value is -1.95. The van der Waals surface area contributed by atoms with Gasteiger partial charge in [-0.05, 0) is 19.1 Å². The highest BCUT2D eigenvalue weighted by Crippen LogP contribution is 2.11. The van der Waals surface area contributed by atoms with Gasteiger partial charge in [-0.25, -0.2) is 9.31 Å². The van der Waals surface area contributed by atoms with E-state index in [2.05, 4.69) is 10.3 Å². The third kappa shape index (κ3) is 1.74. The van der Waals surface area contributed by atoms with Gasteiger partial charge in [0.15, 0.2) is 0 Å². The van der Waals surface area contributed by atoms with Crippen LogP contribution in [0.4, 0.5) is 0 Å². The molecule has 0 aromatic carbocycles. The smallest absolute Gasteiger partial charge is 0.338 e. The van der Waals surface area contributed by atoms with Gasteiger partial charge in [-0.3, -0.25) is 0 Å². The summed E-state index contributed by atoms with van der Waals surface area (Å²) in [6.45, 7) is 1.86. The lowest BCUT2D eigenvalue weighted by Crippen LogP contribution is -2.05. The molecule has 0 atom stereocenters. The molecule has 0 aliphatic heterocycles. The van der Waals surface area contributed by atoms with Crippen molar-refractivity contribution in [2.75, 3.05) is 6.61 Å². The number of hydrogen-bond acceptors (Lipinski definition) is 5. The van der Waals surface area contributed by atoms with Crippen molar-refractivity contribution in [2.45, 2.75) is 13.5 Å². The van der Waals surface area contributed by atoms with Gasteiger partial charge in [0.1, 0.15) is 5.69 Å². The summed E-state index contributed by atoms with van der Waals surface area (Å²) in [6.07, 6.45) is 1.60. The topological polar surface area (TPSA) is 76.7 Å². The second kappa shape index (κ2) is 4.28. The number of fused-ring (bicyclic) bond motifs is 1. The zero-order valence-electron chi connectivity index (χ0n) is 8.75. The molecule has 0 unspecified atom stereocenters. The number of carbonyl (C=O) groups excluding carboxylic acids is 1. The van der Waals surface area contributed by atoms with Gasteiger partial charge in [0.25, 0.3) is 0 Å². The molecule has 2 rings (SSSR count). The highest BCUT2D eigenvalue weighted by Gasteiger charge is 2.10. The molecule has 0 saturated carbocycles. The fraction of sp³-hybridized carbons (Fsp3) is 0.300. The molecule has 84 valence electrons. The van der Waals surface area contributed by atoms with Crippen molar-refractivity contribution in [3.8, 4) is 0 Å². The molecule has 1 N–H and O–H groups in total. The molecule has 6 heteroatoms. The van der Waals surface area contributed by atoms with Crippen LogP contribution in [0.25, 0.3) is 5.52 Å². The molecule has 0 bridgehead atoms. The Labute approximate surface area is 91.5 Å². The van der Waals surface area contributed by atoms with Crippen LogP contribution in [0.5, 0.6) is 0 Å². The van der Waals surface area contributed by atoms with E-state index in [0.29, 0.717) is 23.4 Å². The minimum atomic E-state index is -0.393. The van der Waals surface area contributed by atoms with Crippen LogP contribution in [0.2, 0.25) is 0 Å². The maximum Gasteiger partial charge on any atom is 0.338 e. The first-order chi connectivity index (χ1) is 7.76. The molecule has 2 heterocycles. The van der Waals surface area contributed by atoms with Crippen LogP contribution < -0.4 is 0 Å². The average Bonchev–Trinajstić information content (AvgIpc) is 2.71. The van der Waals surface area contributed by atoms with E-state index in [0.717, 1.165) is 0 Å². The second-order valence-corrected chi connectivity index (χ2v) is 3.16. The number of aromatic nitrogens is 3. The number of nitrogens with zero attached hydrogens (tertiary/aromatic N) is 3. The minimum Gasteiger partial charge on any atom is -0.462 e. The fourth-order valence-corrected chi connectivity index (χ4v) is 1.39. The van der Waals surface area contributed by atoms with Gasteiger partial charge in [-0.1, -0.05) is 5.21 Å². The highest BCUT2D eigenvalue weighted by atomic mass is 16.5. The minimum absolute atomic E-state index is 0.213. The largest absolute Gasteiger partial charge is 0.462 e. The monoisotopic (exact) mass is 221 g/mol. The molecule has 16 heavy (non-hydrogen) atoms. The van der Waals surface area contributed by atoms with E-state index in [1.54, 1.807) is 25.3 Å². The van der Waals surface area contributed by atoms with E-state index < -0.39 is 5.97 Å². The van der Waals surface area contributed by atoms with Gasteiger partial charge in [0.2, 0.25) is 0 Å². The number of carbonyl (C=O) groups is 1. The number of rotatable bonds is 3. The third-order valence-corrected chi connectivity index (χ3v) is 2.15. The quantitative estimate of drug-likeness (QED) is 0.759. The van der Waals surface area contributed by atoms with Crippen molar-refractivity contribution in [2.24, 2.45) is 0 Å². The summed E-state index contributed by atoms with van der Waals surface area (Å²) in [5, 5.41) is 16.6. The van der Waals surface area contributed by atoms with E-state index >= 15 is 0 Å². The summed E-state index contributed by atoms with van der Waals surface area (Å²) >= 11 is 0. The predicted octanol–water partition coefficient (Wildman–Crippen LogP) is 0.398. The van der Waals surface area contributed by atoms with Crippen molar-refractivity contribution < 1.29 is 14.6 Å². The molecule has 2 aromatic heterocycles. The summed E-state index contributed by atoms with van der Waals surface area (Å²) in [4.78, 5) is 11.5. The lowest BCUT2D eigenvalue weighted by Gasteiger charge is -2.01. The number of aliphatic hydroxyl groups excluding tert-OH is 1. The van der Waals surface area contributed by atoms with Crippen molar-refractivity contribution in [1.82, 2.24) is 14.8 Å². The first-order valence-electron chi connectivity index (χ1n) is 4.88. The number of aliphatic hydroxyl groups is 1. The van der Waals surface area contributed by atoms with Crippen LogP contribution in [0.15, 0.2) is 18.3 Å². The van der Waals surface area contributed by atoms with Crippen molar-refractivity contribution in [3.63, 3.8) is 0 Å². The first kappa shape index (κ1) is 10.6. The van der Waals surface area contributed by atoms with E-state index in [1.165, 1.54) is 4.52 Å². The first-order valence-corrected chi connectivity index (χ1v) is 4.88. The van der Waals surface area contributed by atoms with Crippen LogP contribution >= 0.6 is 0 Å². The molecule has 0 fully saturated rings. The molecule has 0 saturated heterocycles. The Morgan fingerprint density at radius 2 is 2.44 bits per heavy atom. The van der Waals surface area contributed by atoms with Crippen LogP contribution in [-0.2, 0) is 11.3 Å². The molecule has 6 nitrogen and oxygen atoms in total. The summed E-state index contributed by atoms with van der Waals surface area (Å²) in [6, 6.07) is 3.20. The lowest BCUT2D eigenvalue weighted by molar-refractivity contribution is 0.0526. The van der Waals surface area contributed by atoms with Crippen LogP contribution in [-0.4, -0.2) is 32.5 Å². The maximum absolute atomic E-state index is 11.5. The van der Waals surface area contributed by atoms with E-state index in [4.69, 9.17) is 9.84 Å². The summed E-state index contributed by atoms with van der Waals surface area (Å²) in [7, 11) is 0. The second-order valence-electron chi connectivity index (χ2n) is 3.16. The Morgan fingerprint density at radius 3 is 3.12 bits per heavy atom. The zero-order valence-corrected chi connectivity index (χ0v) is 8.75. The summed E-state index contributed by atoms with van der Waals surface area (Å²) < 4.78 is 6.37. The van der Waals surface area contributed by atoms with Crippen LogP contribution in [0, 0.1) is 0 Å². The summed E-state index contributed by atoms with van der Waals surface area (Å²) in [5.41, 5.74) is 1.46. The third-order valence-electron chi connectivity index (χ3n) is 2.15. The normalized spacial score (nSPS) is 10.6. The standard InChI is InChI=1S/C10H11N3O3/c1-2-16-10(15)7-3-4-13-9(5-7)8(6-14)11-12-13/h3-5,14H,2,6H2,1H3. The van der Waals surface area contributed by atoms with E-state index in [9.17, 15) is 4.79 Å². The van der Waals surface area contributed by atoms with Crippen LogP contribution in [0.1, 0.15) is 23.0 Å². The van der Waals surface area contributed by atoms with Gasteiger partial charge >= 0.3 is 5.97 Å². The Kier molecular flexibility index (Phi) is 2.82. The van der Waals surface area contributed by atoms with Gasteiger partial charge in [0.05, 0.1) is 24.3 Å². The predicted molar refractivity (Wildman–Crippen MR) is 54.9 cm³/mol. The molecular weight excluding hydrogens is 210 g/mol. The highest BCUT2D eigenvalue weighted by molar-refractivity contribution is 5.90. The van der Waals surface area contributed by atoms with Gasteiger partial charge in [-0.15, -0.1) is 5.10 Å². The Balaban J connectivity index is 2.45. The number of esters is 1. The lowest BCUT2D eigenvalue weighted by atomic mass is 10.2. The van der Waals surface area contributed by atoms with Crippen LogP contribution in [0.3, 0.4) is 0 Å². The molecule has 0 aliphatic carbocycles. The molecular formula is C10H11N3O3. The maximum atomic E-state index is 11.5. The average molecular weight is 221 g/mol. The van der Waals surface area contributed by atoms with E-state index in [1.807, 2.05) is 0 Å². The molecule has 0 aliphatic rings. The number of pyridine rings is 1. The SMILES string of the molecule is CCOC(=O)c1ccn2nnc(CO)c2c1. The zero-order chi connectivity index (χ0) is 11.5. The number of ether oxygens (including phenoxy) is 1. The van der Waals surface area contributed by atoms with Crippen molar-refractivity contribution in [3.05, 3.63) is 29.6 Å². The molecule has 0 spiro atoms.